The number of carbonyl (C=O) groups excluding carboxylic acids is 6. The van der Waals surface area contributed by atoms with Crippen molar-refractivity contribution in [1.29, 1.82) is 0 Å². The lowest BCUT2D eigenvalue weighted by Gasteiger charge is -2.20. The van der Waals surface area contributed by atoms with E-state index in [2.05, 4.69) is 0 Å². The molecule has 212 valence electrons. The lowest BCUT2D eigenvalue weighted by Crippen LogP contribution is -2.40. The predicted molar refractivity (Wildman–Crippen MR) is 144 cm³/mol. The average Bonchev–Trinajstić information content (AvgIpc) is 3.69. The summed E-state index contributed by atoms with van der Waals surface area (Å²) in [7, 11) is -0.779. The van der Waals surface area contributed by atoms with Gasteiger partial charge in [-0.05, 0) is 89.3 Å². The second kappa shape index (κ2) is 9.71. The highest BCUT2D eigenvalue weighted by molar-refractivity contribution is 7.91. The minimum atomic E-state index is -4.30. The van der Waals surface area contributed by atoms with E-state index >= 15 is 0 Å². The molecule has 4 aliphatic rings. The number of rotatable bonds is 6. The molecule has 2 fully saturated rings. The van der Waals surface area contributed by atoms with Crippen molar-refractivity contribution in [3.05, 3.63) is 58.7 Å². The molecule has 0 spiro atoms. The third kappa shape index (κ3) is 4.09. The quantitative estimate of drug-likeness (QED) is 0.467. The van der Waals surface area contributed by atoms with Crippen molar-refractivity contribution in [1.82, 2.24) is 9.80 Å². The molecule has 6 rings (SSSR count). The van der Waals surface area contributed by atoms with Crippen LogP contribution in [-0.2, 0) is 19.4 Å². The third-order valence-electron chi connectivity index (χ3n) is 8.98. The normalized spacial score (nSPS) is 26.6. The molecule has 4 atom stereocenters. The van der Waals surface area contributed by atoms with Crippen LogP contribution in [0.5, 0.6) is 0 Å². The number of carbonyl (C=O) groups is 6. The molecule has 41 heavy (non-hydrogen) atoms. The highest BCUT2D eigenvalue weighted by Crippen LogP contribution is 2.36. The smallest absolute Gasteiger partial charge is 0.206 e. The van der Waals surface area contributed by atoms with Gasteiger partial charge in [0.05, 0.1) is 21.9 Å². The van der Waals surface area contributed by atoms with Crippen molar-refractivity contribution < 1.29 is 37.2 Å². The zero-order chi connectivity index (χ0) is 29.4. The van der Waals surface area contributed by atoms with Crippen LogP contribution in [0.15, 0.2) is 46.2 Å². The third-order valence-corrected chi connectivity index (χ3v) is 10.7. The van der Waals surface area contributed by atoms with E-state index < -0.39 is 68.5 Å². The second-order valence-corrected chi connectivity index (χ2v) is 13.3. The number of sulfone groups is 1. The van der Waals surface area contributed by atoms with Crippen molar-refractivity contribution in [2.45, 2.75) is 47.6 Å². The van der Waals surface area contributed by atoms with Gasteiger partial charge in [-0.3, -0.25) is 38.6 Å². The largest absolute Gasteiger partial charge is 0.297 e. The van der Waals surface area contributed by atoms with Crippen molar-refractivity contribution in [2.75, 3.05) is 27.2 Å². The first-order valence-corrected chi connectivity index (χ1v) is 15.1. The van der Waals surface area contributed by atoms with Gasteiger partial charge in [0, 0.05) is 22.3 Å². The standard InChI is InChI=1S/C30H28N2O8S/c1-31-11-3-5-21(31)29(37)23-25(33)17-9-7-15(13-19(17)27(23)35)41(39,40)16-8-10-18-20(14-16)28(36)24(26(18)34)30(38)22-6-4-12-32(22)2/h7-10,13-14,21-24H,3-6,11-12H2,1-2H3/t21-,22-,23?,24?/m0/s1. The Hall–Kier alpha value is -3.67. The van der Waals surface area contributed by atoms with E-state index in [1.54, 1.807) is 14.1 Å². The van der Waals surface area contributed by atoms with Crippen molar-refractivity contribution in [3.63, 3.8) is 0 Å². The van der Waals surface area contributed by atoms with Crippen LogP contribution in [0.25, 0.3) is 0 Å². The highest BCUT2D eigenvalue weighted by atomic mass is 32.2. The van der Waals surface area contributed by atoms with Crippen LogP contribution in [0.2, 0.25) is 0 Å². The van der Waals surface area contributed by atoms with Gasteiger partial charge in [0.2, 0.25) is 9.84 Å². The van der Waals surface area contributed by atoms with E-state index in [9.17, 15) is 37.2 Å². The summed E-state index contributed by atoms with van der Waals surface area (Å²) in [5.74, 6) is -6.66. The first kappa shape index (κ1) is 27.5. The lowest BCUT2D eigenvalue weighted by molar-refractivity contribution is -0.125. The summed E-state index contributed by atoms with van der Waals surface area (Å²) in [5, 5.41) is 0. The van der Waals surface area contributed by atoms with E-state index in [-0.39, 0.29) is 32.0 Å². The minimum Gasteiger partial charge on any atom is -0.297 e. The molecular formula is C30H28N2O8S. The summed E-state index contributed by atoms with van der Waals surface area (Å²) in [5.41, 5.74) is -0.260. The number of likely N-dealkylation sites (N-methyl/N-ethyl adjacent to an activating group) is 2. The average molecular weight is 577 g/mol. The molecule has 0 bridgehead atoms. The Kier molecular flexibility index (Phi) is 6.51. The predicted octanol–water partition coefficient (Wildman–Crippen LogP) is 1.84. The summed E-state index contributed by atoms with van der Waals surface area (Å²) in [6.45, 7) is 1.37. The Morgan fingerprint density at radius 1 is 0.634 bits per heavy atom. The van der Waals surface area contributed by atoms with Gasteiger partial charge >= 0.3 is 0 Å². The summed E-state index contributed by atoms with van der Waals surface area (Å²) in [6, 6.07) is 5.97. The van der Waals surface area contributed by atoms with E-state index in [0.29, 0.717) is 25.9 Å². The van der Waals surface area contributed by atoms with Crippen LogP contribution in [0.1, 0.15) is 67.1 Å². The Labute approximate surface area is 236 Å². The molecule has 2 aromatic carbocycles. The molecule has 11 heteroatoms. The van der Waals surface area contributed by atoms with Gasteiger partial charge in [-0.25, -0.2) is 8.42 Å². The van der Waals surface area contributed by atoms with Crippen LogP contribution in [0, 0.1) is 11.8 Å². The summed E-state index contributed by atoms with van der Waals surface area (Å²) < 4.78 is 27.2. The van der Waals surface area contributed by atoms with Crippen LogP contribution in [0.4, 0.5) is 0 Å². The van der Waals surface area contributed by atoms with Crippen molar-refractivity contribution in [2.24, 2.45) is 11.8 Å². The SMILES string of the molecule is CN1CCC[C@H]1C(=O)C1C(=O)c2ccc(S(=O)(=O)c3ccc4c(c3)C(=O)C(C(=O)[C@@H]3CCCN3C)C4=O)cc2C1=O. The van der Waals surface area contributed by atoms with Gasteiger partial charge in [-0.2, -0.15) is 0 Å². The fraction of sp³-hybridized carbons (Fsp3) is 0.400. The van der Waals surface area contributed by atoms with Gasteiger partial charge in [0.15, 0.2) is 34.7 Å². The van der Waals surface area contributed by atoms with Gasteiger partial charge in [-0.15, -0.1) is 0 Å². The molecule has 2 saturated heterocycles. The summed E-state index contributed by atoms with van der Waals surface area (Å²) in [4.78, 5) is 81.7. The zero-order valence-electron chi connectivity index (χ0n) is 22.6. The Morgan fingerprint density at radius 2 is 1.00 bits per heavy atom. The van der Waals surface area contributed by atoms with Crippen LogP contribution in [0.3, 0.4) is 0 Å². The molecule has 0 radical (unpaired) electrons. The molecule has 0 amide bonds. The number of hydrogen-bond acceptors (Lipinski definition) is 10. The number of likely N-dealkylation sites (tertiary alicyclic amines) is 2. The lowest BCUT2D eigenvalue weighted by atomic mass is 9.92. The highest BCUT2D eigenvalue weighted by Gasteiger charge is 2.49. The Bertz CT molecular complexity index is 1580. The molecular weight excluding hydrogens is 548 g/mol. The zero-order valence-corrected chi connectivity index (χ0v) is 23.4. The van der Waals surface area contributed by atoms with Crippen LogP contribution >= 0.6 is 0 Å². The number of nitrogens with zero attached hydrogens (tertiary/aromatic N) is 2. The first-order valence-electron chi connectivity index (χ1n) is 13.6. The Balaban J connectivity index is 1.30. The maximum Gasteiger partial charge on any atom is 0.206 e. The second-order valence-electron chi connectivity index (χ2n) is 11.3. The van der Waals surface area contributed by atoms with Crippen LogP contribution in [-0.4, -0.2) is 92.2 Å². The minimum absolute atomic E-state index is 0.000845. The van der Waals surface area contributed by atoms with Gasteiger partial charge in [0.25, 0.3) is 0 Å². The van der Waals surface area contributed by atoms with E-state index in [4.69, 9.17) is 0 Å². The van der Waals surface area contributed by atoms with E-state index in [1.807, 2.05) is 9.80 Å². The number of Topliss-reactive ketones (excluding diaryl/α,β-unsaturated/α-hetero) is 6. The fourth-order valence-corrected chi connectivity index (χ4v) is 7.97. The van der Waals surface area contributed by atoms with E-state index in [0.717, 1.165) is 25.0 Å². The molecule has 2 heterocycles. The van der Waals surface area contributed by atoms with Crippen molar-refractivity contribution in [3.8, 4) is 0 Å². The molecule has 0 aromatic heterocycles. The van der Waals surface area contributed by atoms with Crippen molar-refractivity contribution >= 4 is 44.5 Å². The number of ketones is 6. The van der Waals surface area contributed by atoms with Crippen LogP contribution < -0.4 is 0 Å². The molecule has 2 aromatic rings. The molecule has 2 unspecified atom stereocenters. The molecule has 0 N–H and O–H groups in total. The van der Waals surface area contributed by atoms with Gasteiger partial charge in [-0.1, -0.05) is 0 Å². The maximum absolute atomic E-state index is 13.6. The molecule has 10 nitrogen and oxygen atoms in total. The number of fused-ring (bicyclic) bond motifs is 2. The topological polar surface area (TPSA) is 143 Å². The Morgan fingerprint density at radius 3 is 1.34 bits per heavy atom. The first-order chi connectivity index (χ1) is 19.4. The number of hydrogen-bond donors (Lipinski definition) is 0. The monoisotopic (exact) mass is 576 g/mol. The molecule has 2 aliphatic heterocycles. The summed E-state index contributed by atoms with van der Waals surface area (Å²) >= 11 is 0. The maximum atomic E-state index is 13.6. The molecule has 0 saturated carbocycles. The van der Waals surface area contributed by atoms with Gasteiger partial charge in [0.1, 0.15) is 11.8 Å². The van der Waals surface area contributed by atoms with E-state index in [1.165, 1.54) is 24.3 Å². The van der Waals surface area contributed by atoms with Gasteiger partial charge < -0.3 is 0 Å². The fourth-order valence-electron chi connectivity index (χ4n) is 6.66. The number of benzene rings is 2. The molecule has 2 aliphatic carbocycles. The summed E-state index contributed by atoms with van der Waals surface area (Å²) in [6.07, 6.45) is 2.65.